The Labute approximate surface area is 134 Å². The van der Waals surface area contributed by atoms with Gasteiger partial charge >= 0.3 is 5.97 Å². The lowest BCUT2D eigenvalue weighted by atomic mass is 10.0. The number of carboxylic acid groups (broad SMARTS) is 1. The molecule has 0 unspecified atom stereocenters. The third-order valence-electron chi connectivity index (χ3n) is 4.28. The lowest BCUT2D eigenvalue weighted by molar-refractivity contribution is -0.141. The maximum absolute atomic E-state index is 12.1. The standard InChI is InChI=1S/C17H19N3O3/c21-16(13-6-7-14(8-13)17(22)23)18-9-12-10-19-20(11-12)15-4-2-1-3-5-15/h1-5,10-11,13-14H,6-9H2,(H,18,21)(H,22,23)/t13-,14+/m0/s1. The monoisotopic (exact) mass is 313 g/mol. The maximum atomic E-state index is 12.1. The van der Waals surface area contributed by atoms with Gasteiger partial charge in [-0.25, -0.2) is 4.68 Å². The second-order valence-corrected chi connectivity index (χ2v) is 5.89. The normalized spacial score (nSPS) is 20.3. The van der Waals surface area contributed by atoms with Gasteiger partial charge in [-0.05, 0) is 31.4 Å². The van der Waals surface area contributed by atoms with E-state index in [1.54, 1.807) is 10.9 Å². The molecule has 120 valence electrons. The molecule has 1 aliphatic rings. The molecule has 1 fully saturated rings. The minimum Gasteiger partial charge on any atom is -0.481 e. The van der Waals surface area contributed by atoms with E-state index in [-0.39, 0.29) is 17.7 Å². The van der Waals surface area contributed by atoms with E-state index < -0.39 is 5.97 Å². The third-order valence-corrected chi connectivity index (χ3v) is 4.28. The van der Waals surface area contributed by atoms with Gasteiger partial charge in [-0.2, -0.15) is 5.10 Å². The van der Waals surface area contributed by atoms with Crippen LogP contribution in [0.5, 0.6) is 0 Å². The van der Waals surface area contributed by atoms with Crippen molar-refractivity contribution in [1.29, 1.82) is 0 Å². The molecule has 3 rings (SSSR count). The molecule has 1 heterocycles. The molecule has 0 radical (unpaired) electrons. The Morgan fingerprint density at radius 2 is 1.96 bits per heavy atom. The summed E-state index contributed by atoms with van der Waals surface area (Å²) in [6, 6.07) is 9.74. The van der Waals surface area contributed by atoms with Crippen LogP contribution in [0.1, 0.15) is 24.8 Å². The first-order valence-electron chi connectivity index (χ1n) is 7.73. The quantitative estimate of drug-likeness (QED) is 0.884. The highest BCUT2D eigenvalue weighted by atomic mass is 16.4. The molecule has 1 aliphatic carbocycles. The second-order valence-electron chi connectivity index (χ2n) is 5.89. The van der Waals surface area contributed by atoms with Crippen LogP contribution in [-0.4, -0.2) is 26.8 Å². The van der Waals surface area contributed by atoms with E-state index in [1.165, 1.54) is 0 Å². The molecule has 6 heteroatoms. The minimum absolute atomic E-state index is 0.0683. The first kappa shape index (κ1) is 15.3. The number of carbonyl (C=O) groups is 2. The molecule has 2 aromatic rings. The Bertz CT molecular complexity index is 696. The summed E-state index contributed by atoms with van der Waals surface area (Å²) in [5, 5.41) is 16.2. The summed E-state index contributed by atoms with van der Waals surface area (Å²) >= 11 is 0. The van der Waals surface area contributed by atoms with Gasteiger partial charge in [0.1, 0.15) is 0 Å². The number of carbonyl (C=O) groups excluding carboxylic acids is 1. The molecule has 0 aliphatic heterocycles. The number of hydrogen-bond donors (Lipinski definition) is 2. The SMILES string of the molecule is O=C(O)[C@@H]1CC[C@H](C(=O)NCc2cnn(-c3ccccc3)c2)C1. The van der Waals surface area contributed by atoms with Crippen LogP contribution < -0.4 is 5.32 Å². The van der Waals surface area contributed by atoms with Gasteiger partial charge in [-0.1, -0.05) is 18.2 Å². The van der Waals surface area contributed by atoms with Gasteiger partial charge in [0.15, 0.2) is 0 Å². The van der Waals surface area contributed by atoms with E-state index in [2.05, 4.69) is 10.4 Å². The number of nitrogens with zero attached hydrogens (tertiary/aromatic N) is 2. The van der Waals surface area contributed by atoms with Crippen LogP contribution in [0.15, 0.2) is 42.7 Å². The van der Waals surface area contributed by atoms with Crippen LogP contribution in [0, 0.1) is 11.8 Å². The van der Waals surface area contributed by atoms with Crippen LogP contribution >= 0.6 is 0 Å². The summed E-state index contributed by atoms with van der Waals surface area (Å²) in [5.41, 5.74) is 1.88. The fourth-order valence-electron chi connectivity index (χ4n) is 2.95. The number of benzene rings is 1. The molecule has 1 amide bonds. The predicted octanol–water partition coefficient (Wildman–Crippen LogP) is 1.99. The Morgan fingerprint density at radius 1 is 1.22 bits per heavy atom. The summed E-state index contributed by atoms with van der Waals surface area (Å²) in [6.07, 6.45) is 5.27. The highest BCUT2D eigenvalue weighted by molar-refractivity contribution is 5.80. The third kappa shape index (κ3) is 3.59. The maximum Gasteiger partial charge on any atom is 0.306 e. The minimum atomic E-state index is -0.801. The molecular formula is C17H19N3O3. The first-order valence-corrected chi connectivity index (χ1v) is 7.73. The number of hydrogen-bond acceptors (Lipinski definition) is 3. The number of para-hydroxylation sites is 1. The van der Waals surface area contributed by atoms with E-state index in [4.69, 9.17) is 5.11 Å². The molecule has 1 aromatic heterocycles. The van der Waals surface area contributed by atoms with Gasteiger partial charge in [0, 0.05) is 24.2 Å². The fourth-order valence-corrected chi connectivity index (χ4v) is 2.95. The second kappa shape index (κ2) is 6.64. The Balaban J connectivity index is 1.54. The summed E-state index contributed by atoms with van der Waals surface area (Å²) < 4.78 is 1.76. The van der Waals surface area contributed by atoms with Crippen molar-refractivity contribution in [2.75, 3.05) is 0 Å². The number of aromatic nitrogens is 2. The number of nitrogens with one attached hydrogen (secondary N) is 1. The highest BCUT2D eigenvalue weighted by Gasteiger charge is 2.33. The summed E-state index contributed by atoms with van der Waals surface area (Å²) in [5.74, 6) is -1.45. The molecular weight excluding hydrogens is 294 g/mol. The zero-order chi connectivity index (χ0) is 16.2. The summed E-state index contributed by atoms with van der Waals surface area (Å²) in [6.45, 7) is 0.403. The van der Waals surface area contributed by atoms with Crippen molar-refractivity contribution in [3.05, 3.63) is 48.3 Å². The molecule has 2 atom stereocenters. The largest absolute Gasteiger partial charge is 0.481 e. The van der Waals surface area contributed by atoms with Crippen molar-refractivity contribution in [2.45, 2.75) is 25.8 Å². The topological polar surface area (TPSA) is 84.2 Å². The van der Waals surface area contributed by atoms with E-state index in [0.29, 0.717) is 25.8 Å². The lowest BCUT2D eigenvalue weighted by Gasteiger charge is -2.09. The smallest absolute Gasteiger partial charge is 0.306 e. The number of aliphatic carboxylic acids is 1. The molecule has 0 bridgehead atoms. The van der Waals surface area contributed by atoms with Gasteiger partial charge in [0.2, 0.25) is 5.91 Å². The van der Waals surface area contributed by atoms with Gasteiger partial charge in [0.05, 0.1) is 17.8 Å². The van der Waals surface area contributed by atoms with Gasteiger partial charge in [-0.3, -0.25) is 9.59 Å². The van der Waals surface area contributed by atoms with Crippen molar-refractivity contribution in [3.8, 4) is 5.69 Å². The number of rotatable bonds is 5. The van der Waals surface area contributed by atoms with Crippen LogP contribution in [0.3, 0.4) is 0 Å². The number of carboxylic acids is 1. The summed E-state index contributed by atoms with van der Waals surface area (Å²) in [7, 11) is 0. The first-order chi connectivity index (χ1) is 11.1. The van der Waals surface area contributed by atoms with E-state index in [9.17, 15) is 9.59 Å². The molecule has 6 nitrogen and oxygen atoms in total. The van der Waals surface area contributed by atoms with Gasteiger partial charge in [0.25, 0.3) is 0 Å². The lowest BCUT2D eigenvalue weighted by Crippen LogP contribution is -2.29. The molecule has 0 spiro atoms. The molecule has 0 saturated heterocycles. The Morgan fingerprint density at radius 3 is 2.65 bits per heavy atom. The predicted molar refractivity (Wildman–Crippen MR) is 83.9 cm³/mol. The van der Waals surface area contributed by atoms with Crippen molar-refractivity contribution >= 4 is 11.9 Å². The van der Waals surface area contributed by atoms with Crippen molar-refractivity contribution in [2.24, 2.45) is 11.8 Å². The van der Waals surface area contributed by atoms with Crippen molar-refractivity contribution < 1.29 is 14.7 Å². The fraction of sp³-hybridized carbons (Fsp3) is 0.353. The van der Waals surface area contributed by atoms with Gasteiger partial charge in [-0.15, -0.1) is 0 Å². The van der Waals surface area contributed by atoms with Crippen molar-refractivity contribution in [3.63, 3.8) is 0 Å². The Hall–Kier alpha value is -2.63. The van der Waals surface area contributed by atoms with E-state index in [0.717, 1.165) is 11.3 Å². The highest BCUT2D eigenvalue weighted by Crippen LogP contribution is 2.31. The van der Waals surface area contributed by atoms with Crippen LogP contribution in [-0.2, 0) is 16.1 Å². The average molecular weight is 313 g/mol. The average Bonchev–Trinajstić information content (AvgIpc) is 3.23. The zero-order valence-electron chi connectivity index (χ0n) is 12.7. The van der Waals surface area contributed by atoms with E-state index >= 15 is 0 Å². The van der Waals surface area contributed by atoms with Crippen LogP contribution in [0.2, 0.25) is 0 Å². The zero-order valence-corrected chi connectivity index (χ0v) is 12.7. The molecule has 1 aromatic carbocycles. The van der Waals surface area contributed by atoms with E-state index in [1.807, 2.05) is 36.5 Å². The van der Waals surface area contributed by atoms with Gasteiger partial charge < -0.3 is 10.4 Å². The number of amides is 1. The summed E-state index contributed by atoms with van der Waals surface area (Å²) in [4.78, 5) is 23.1. The molecule has 23 heavy (non-hydrogen) atoms. The molecule has 1 saturated carbocycles. The Kier molecular flexibility index (Phi) is 4.41. The van der Waals surface area contributed by atoms with Crippen molar-refractivity contribution in [1.82, 2.24) is 15.1 Å². The molecule has 2 N–H and O–H groups in total. The van der Waals surface area contributed by atoms with Crippen LogP contribution in [0.4, 0.5) is 0 Å². The van der Waals surface area contributed by atoms with Crippen LogP contribution in [0.25, 0.3) is 5.69 Å².